The summed E-state index contributed by atoms with van der Waals surface area (Å²) in [5, 5.41) is 4.95. The molecule has 4 nitrogen and oxygen atoms in total. The molecule has 0 amide bonds. The van der Waals surface area contributed by atoms with Gasteiger partial charge >= 0.3 is 0 Å². The molecule has 0 unspecified atom stereocenters. The Morgan fingerprint density at radius 1 is 1.46 bits per heavy atom. The molecule has 4 rings (SSSR count). The average molecular weight is 388 g/mol. The largest absolute Gasteiger partial charge is 0.309 e. The number of H-pyrrole nitrogens is 1. The molecule has 6 heteroatoms. The summed E-state index contributed by atoms with van der Waals surface area (Å²) in [5.41, 5.74) is 2.32. The predicted octanol–water partition coefficient (Wildman–Crippen LogP) is 4.61. The summed E-state index contributed by atoms with van der Waals surface area (Å²) in [6.45, 7) is 4.96. The van der Waals surface area contributed by atoms with Crippen LogP contribution in [-0.2, 0) is 19.4 Å². The van der Waals surface area contributed by atoms with Crippen molar-refractivity contribution in [2.45, 2.75) is 45.7 Å². The second-order valence-electron chi connectivity index (χ2n) is 7.22. The lowest BCUT2D eigenvalue weighted by atomic mass is 9.89. The lowest BCUT2D eigenvalue weighted by molar-refractivity contribution is 0.509. The van der Waals surface area contributed by atoms with Gasteiger partial charge in [-0.3, -0.25) is 4.79 Å². The van der Waals surface area contributed by atoms with Crippen molar-refractivity contribution >= 4 is 33.2 Å². The van der Waals surface area contributed by atoms with Gasteiger partial charge in [0.25, 0.3) is 5.56 Å². The number of nitrogens with one attached hydrogen (secondary N) is 2. The predicted molar refractivity (Wildman–Crippen MR) is 108 cm³/mol. The van der Waals surface area contributed by atoms with Gasteiger partial charge in [-0.2, -0.15) is 0 Å². The van der Waals surface area contributed by atoms with Gasteiger partial charge in [0, 0.05) is 16.4 Å². The molecule has 0 fully saturated rings. The first-order chi connectivity index (χ1) is 12.5. The van der Waals surface area contributed by atoms with Crippen LogP contribution in [0.15, 0.2) is 29.1 Å². The minimum Gasteiger partial charge on any atom is -0.309 e. The highest BCUT2D eigenvalue weighted by molar-refractivity contribution is 7.18. The van der Waals surface area contributed by atoms with E-state index in [1.807, 2.05) is 31.2 Å². The van der Waals surface area contributed by atoms with Crippen LogP contribution in [0.25, 0.3) is 10.2 Å². The first-order valence-corrected chi connectivity index (χ1v) is 10.2. The van der Waals surface area contributed by atoms with E-state index in [-0.39, 0.29) is 11.6 Å². The Morgan fingerprint density at radius 3 is 3.12 bits per heavy atom. The quantitative estimate of drug-likeness (QED) is 0.687. The van der Waals surface area contributed by atoms with E-state index in [9.17, 15) is 4.79 Å². The van der Waals surface area contributed by atoms with Crippen LogP contribution < -0.4 is 10.9 Å². The van der Waals surface area contributed by atoms with Crippen molar-refractivity contribution in [3.8, 4) is 0 Å². The molecule has 26 heavy (non-hydrogen) atoms. The van der Waals surface area contributed by atoms with Gasteiger partial charge in [-0.1, -0.05) is 30.7 Å². The van der Waals surface area contributed by atoms with E-state index >= 15 is 0 Å². The smallest absolute Gasteiger partial charge is 0.259 e. The summed E-state index contributed by atoms with van der Waals surface area (Å²) < 4.78 is 0. The Balaban J connectivity index is 1.59. The van der Waals surface area contributed by atoms with Crippen molar-refractivity contribution in [3.63, 3.8) is 0 Å². The molecule has 0 saturated heterocycles. The van der Waals surface area contributed by atoms with Crippen LogP contribution in [0.4, 0.5) is 0 Å². The highest BCUT2D eigenvalue weighted by Crippen LogP contribution is 2.35. The zero-order chi connectivity index (χ0) is 18.3. The van der Waals surface area contributed by atoms with Gasteiger partial charge in [-0.25, -0.2) is 4.98 Å². The van der Waals surface area contributed by atoms with E-state index in [2.05, 4.69) is 17.2 Å². The van der Waals surface area contributed by atoms with E-state index in [0.29, 0.717) is 18.3 Å². The van der Waals surface area contributed by atoms with Gasteiger partial charge < -0.3 is 10.3 Å². The maximum Gasteiger partial charge on any atom is 0.259 e. The number of aromatic nitrogens is 2. The summed E-state index contributed by atoms with van der Waals surface area (Å²) in [6, 6.07) is 7.71. The summed E-state index contributed by atoms with van der Waals surface area (Å²) in [5.74, 6) is 1.38. The molecule has 2 N–H and O–H groups in total. The van der Waals surface area contributed by atoms with Gasteiger partial charge in [0.15, 0.2) is 0 Å². The first kappa shape index (κ1) is 17.7. The van der Waals surface area contributed by atoms with Crippen LogP contribution in [0.5, 0.6) is 0 Å². The van der Waals surface area contributed by atoms with Crippen LogP contribution >= 0.6 is 22.9 Å². The molecule has 0 saturated carbocycles. The summed E-state index contributed by atoms with van der Waals surface area (Å²) in [6.07, 6.45) is 3.20. The molecule has 1 aliphatic rings. The fraction of sp³-hybridized carbons (Fsp3) is 0.400. The topological polar surface area (TPSA) is 57.8 Å². The Morgan fingerprint density at radius 2 is 2.31 bits per heavy atom. The molecule has 136 valence electrons. The zero-order valence-electron chi connectivity index (χ0n) is 14.9. The number of aromatic amines is 1. The number of rotatable bonds is 4. The lowest BCUT2D eigenvalue weighted by Crippen LogP contribution is -2.23. The van der Waals surface area contributed by atoms with E-state index < -0.39 is 0 Å². The Hall–Kier alpha value is -1.69. The Kier molecular flexibility index (Phi) is 4.86. The Labute approximate surface area is 161 Å². The third kappa shape index (κ3) is 3.43. The lowest BCUT2D eigenvalue weighted by Gasteiger charge is -2.17. The number of hydrogen-bond acceptors (Lipinski definition) is 4. The van der Waals surface area contributed by atoms with Crippen molar-refractivity contribution in [1.82, 2.24) is 15.3 Å². The number of benzene rings is 1. The highest BCUT2D eigenvalue weighted by Gasteiger charge is 2.23. The van der Waals surface area contributed by atoms with Crippen molar-refractivity contribution in [1.29, 1.82) is 0 Å². The number of halogens is 1. The Bertz CT molecular complexity index is 1010. The minimum absolute atomic E-state index is 0.00606. The van der Waals surface area contributed by atoms with Crippen molar-refractivity contribution < 1.29 is 0 Å². The summed E-state index contributed by atoms with van der Waals surface area (Å²) >= 11 is 7.73. The summed E-state index contributed by atoms with van der Waals surface area (Å²) in [7, 11) is 0. The third-order valence-corrected chi connectivity index (χ3v) is 6.48. The second-order valence-corrected chi connectivity index (χ2v) is 8.74. The van der Waals surface area contributed by atoms with Gasteiger partial charge in [-0.05, 0) is 55.4 Å². The molecule has 0 aliphatic heterocycles. The molecule has 0 bridgehead atoms. The van der Waals surface area contributed by atoms with Crippen molar-refractivity contribution in [2.24, 2.45) is 5.92 Å². The van der Waals surface area contributed by atoms with Crippen LogP contribution in [0.1, 0.15) is 48.1 Å². The van der Waals surface area contributed by atoms with Gasteiger partial charge in [0.1, 0.15) is 10.7 Å². The monoisotopic (exact) mass is 387 g/mol. The maximum atomic E-state index is 12.7. The third-order valence-electron chi connectivity index (χ3n) is 5.10. The normalized spacial score (nSPS) is 18.0. The zero-order valence-corrected chi connectivity index (χ0v) is 16.5. The number of fused-ring (bicyclic) bond motifs is 3. The first-order valence-electron chi connectivity index (χ1n) is 9.03. The minimum atomic E-state index is -0.0517. The van der Waals surface area contributed by atoms with E-state index in [1.165, 1.54) is 10.4 Å². The van der Waals surface area contributed by atoms with Crippen LogP contribution in [-0.4, -0.2) is 9.97 Å². The number of thiophene rings is 1. The molecule has 2 heterocycles. The molecular formula is C20H22ClN3OS. The SMILES string of the molecule is C[C@H]1CCc2c(sc3nc([C@H](C)NCc4cccc(Cl)c4)[nH]c(=O)c23)C1. The van der Waals surface area contributed by atoms with Gasteiger partial charge in [-0.15, -0.1) is 11.3 Å². The molecule has 0 spiro atoms. The van der Waals surface area contributed by atoms with Crippen molar-refractivity contribution in [2.75, 3.05) is 0 Å². The molecule has 0 radical (unpaired) electrons. The second kappa shape index (κ2) is 7.14. The average Bonchev–Trinajstić information content (AvgIpc) is 2.97. The maximum absolute atomic E-state index is 12.7. The van der Waals surface area contributed by atoms with Crippen LogP contribution in [0, 0.1) is 5.92 Å². The number of nitrogens with zero attached hydrogens (tertiary/aromatic N) is 1. The van der Waals surface area contributed by atoms with Crippen LogP contribution in [0.3, 0.4) is 0 Å². The molecule has 2 aromatic heterocycles. The van der Waals surface area contributed by atoms with E-state index in [1.54, 1.807) is 11.3 Å². The summed E-state index contributed by atoms with van der Waals surface area (Å²) in [4.78, 5) is 22.7. The standard InChI is InChI=1S/C20H22ClN3OS/c1-11-6-7-15-16(8-11)26-20-17(15)19(25)23-18(24-20)12(2)22-10-13-4-3-5-14(21)9-13/h3-5,9,11-12,22H,6-8,10H2,1-2H3,(H,23,24,25)/t11-,12-/m0/s1. The fourth-order valence-corrected chi connectivity index (χ4v) is 5.19. The molecular weight excluding hydrogens is 366 g/mol. The van der Waals surface area contributed by atoms with Gasteiger partial charge in [0.05, 0.1) is 11.4 Å². The molecule has 1 aliphatic carbocycles. The van der Waals surface area contributed by atoms with Crippen molar-refractivity contribution in [3.05, 3.63) is 61.5 Å². The molecule has 3 aromatic rings. The molecule has 2 atom stereocenters. The van der Waals surface area contributed by atoms with Crippen LogP contribution in [0.2, 0.25) is 5.02 Å². The van der Waals surface area contributed by atoms with E-state index in [0.717, 1.165) is 40.1 Å². The number of aryl methyl sites for hydroxylation is 1. The molecule has 1 aromatic carbocycles. The van der Waals surface area contributed by atoms with Gasteiger partial charge in [0.2, 0.25) is 0 Å². The highest BCUT2D eigenvalue weighted by atomic mass is 35.5. The number of hydrogen-bond donors (Lipinski definition) is 2. The van der Waals surface area contributed by atoms with E-state index in [4.69, 9.17) is 16.6 Å². The fourth-order valence-electron chi connectivity index (χ4n) is 3.59.